The Hall–Kier alpha value is -0.860. The van der Waals surface area contributed by atoms with Crippen molar-refractivity contribution in [3.8, 4) is 0 Å². The van der Waals surface area contributed by atoms with Crippen LogP contribution in [0.1, 0.15) is 25.7 Å². The minimum Gasteiger partial charge on any atom is -0.379 e. The van der Waals surface area contributed by atoms with Gasteiger partial charge in [-0.05, 0) is 19.3 Å². The van der Waals surface area contributed by atoms with E-state index in [1.807, 2.05) is 5.43 Å². The summed E-state index contributed by atoms with van der Waals surface area (Å²) in [4.78, 5) is 11.1. The van der Waals surface area contributed by atoms with Gasteiger partial charge in [-0.3, -0.25) is 10.2 Å². The first kappa shape index (κ1) is 15.2. The monoisotopic (exact) mass is 270 g/mol. The third kappa shape index (κ3) is 5.65. The van der Waals surface area contributed by atoms with Gasteiger partial charge in [0.2, 0.25) is 0 Å². The van der Waals surface area contributed by atoms with Crippen LogP contribution in [0.2, 0.25) is 0 Å². The summed E-state index contributed by atoms with van der Waals surface area (Å²) in [5.41, 5.74) is 1.99. The van der Waals surface area contributed by atoms with Crippen molar-refractivity contribution in [2.45, 2.75) is 44.1 Å². The van der Waals surface area contributed by atoms with E-state index in [-0.39, 0.29) is 25.7 Å². The lowest BCUT2D eigenvalue weighted by atomic mass is 10.2. The lowest BCUT2D eigenvalue weighted by Crippen LogP contribution is -2.39. The average Bonchev–Trinajstić information content (AvgIpc) is 2.75. The highest BCUT2D eigenvalue weighted by atomic mass is 19.4. The van der Waals surface area contributed by atoms with Gasteiger partial charge in [-0.25, -0.2) is 5.84 Å². The molecule has 2 unspecified atom stereocenters. The molecule has 0 aliphatic carbocycles. The molecule has 106 valence electrons. The maximum atomic E-state index is 11.8. The topological polar surface area (TPSA) is 73.6 Å². The molecule has 0 bridgehead atoms. The second kappa shape index (κ2) is 6.91. The van der Waals surface area contributed by atoms with Crippen LogP contribution in [0.15, 0.2) is 0 Å². The Morgan fingerprint density at radius 3 is 2.78 bits per heavy atom. The van der Waals surface area contributed by atoms with E-state index in [1.54, 1.807) is 0 Å². The lowest BCUT2D eigenvalue weighted by molar-refractivity contribution is -0.140. The summed E-state index contributed by atoms with van der Waals surface area (Å²) in [7, 11) is 0. The number of amides is 1. The molecular formula is C10H17F3N2O3. The number of nitrogens with two attached hydrogens (primary N) is 1. The molecule has 1 aliphatic rings. The van der Waals surface area contributed by atoms with Gasteiger partial charge < -0.3 is 9.47 Å². The molecule has 1 heterocycles. The maximum Gasteiger partial charge on any atom is 0.389 e. The first-order chi connectivity index (χ1) is 8.42. The average molecular weight is 270 g/mol. The summed E-state index contributed by atoms with van der Waals surface area (Å²) in [6.07, 6.45) is -4.72. The molecule has 0 saturated carbocycles. The molecule has 0 radical (unpaired) electrons. The van der Waals surface area contributed by atoms with Gasteiger partial charge in [0.05, 0.1) is 12.7 Å². The van der Waals surface area contributed by atoms with E-state index in [4.69, 9.17) is 15.3 Å². The number of nitrogens with one attached hydrogen (secondary N) is 1. The van der Waals surface area contributed by atoms with E-state index in [1.165, 1.54) is 0 Å². The highest BCUT2D eigenvalue weighted by Gasteiger charge is 2.30. The van der Waals surface area contributed by atoms with Gasteiger partial charge in [-0.15, -0.1) is 0 Å². The number of carbonyl (C=O) groups excluding carboxylic acids is 1. The maximum absolute atomic E-state index is 11.8. The quantitative estimate of drug-likeness (QED) is 0.325. The minimum atomic E-state index is -4.14. The van der Waals surface area contributed by atoms with Crippen molar-refractivity contribution in [3.63, 3.8) is 0 Å². The van der Waals surface area contributed by atoms with Gasteiger partial charge in [-0.2, -0.15) is 13.2 Å². The third-order valence-electron chi connectivity index (χ3n) is 2.59. The van der Waals surface area contributed by atoms with E-state index in [0.717, 1.165) is 0 Å². The first-order valence-corrected chi connectivity index (χ1v) is 5.73. The molecule has 3 N–H and O–H groups in total. The Morgan fingerprint density at radius 1 is 1.44 bits per heavy atom. The zero-order valence-corrected chi connectivity index (χ0v) is 9.83. The SMILES string of the molecule is NNC(=O)C1CCC(COCCCC(F)(F)F)O1. The lowest BCUT2D eigenvalue weighted by Gasteiger charge is -2.13. The van der Waals surface area contributed by atoms with Crippen LogP contribution in [0, 0.1) is 0 Å². The fourth-order valence-electron chi connectivity index (χ4n) is 1.70. The van der Waals surface area contributed by atoms with Crippen molar-refractivity contribution in [3.05, 3.63) is 0 Å². The van der Waals surface area contributed by atoms with E-state index >= 15 is 0 Å². The number of rotatable bonds is 6. The third-order valence-corrected chi connectivity index (χ3v) is 2.59. The number of hydrazine groups is 1. The highest BCUT2D eigenvalue weighted by molar-refractivity contribution is 5.80. The zero-order valence-electron chi connectivity index (χ0n) is 9.83. The van der Waals surface area contributed by atoms with Crippen LogP contribution in [0.5, 0.6) is 0 Å². The van der Waals surface area contributed by atoms with Crippen LogP contribution in [0.4, 0.5) is 13.2 Å². The van der Waals surface area contributed by atoms with Gasteiger partial charge in [0.15, 0.2) is 0 Å². The minimum absolute atomic E-state index is 0.0348. The molecule has 0 spiro atoms. The molecule has 0 aromatic carbocycles. The number of hydrogen-bond acceptors (Lipinski definition) is 4. The molecule has 1 saturated heterocycles. The summed E-state index contributed by atoms with van der Waals surface area (Å²) in [5.74, 6) is 4.57. The fourth-order valence-corrected chi connectivity index (χ4v) is 1.70. The molecular weight excluding hydrogens is 253 g/mol. The van der Waals surface area contributed by atoms with Crippen molar-refractivity contribution in [1.29, 1.82) is 0 Å². The Kier molecular flexibility index (Phi) is 5.83. The van der Waals surface area contributed by atoms with Gasteiger partial charge >= 0.3 is 6.18 Å². The molecule has 5 nitrogen and oxygen atoms in total. The van der Waals surface area contributed by atoms with Gasteiger partial charge in [0.1, 0.15) is 6.10 Å². The molecule has 2 atom stereocenters. The molecule has 18 heavy (non-hydrogen) atoms. The van der Waals surface area contributed by atoms with E-state index in [0.29, 0.717) is 12.8 Å². The summed E-state index contributed by atoms with van der Waals surface area (Å²) in [5, 5.41) is 0. The van der Waals surface area contributed by atoms with E-state index in [9.17, 15) is 18.0 Å². The van der Waals surface area contributed by atoms with Crippen LogP contribution in [-0.2, 0) is 14.3 Å². The van der Waals surface area contributed by atoms with Crippen LogP contribution < -0.4 is 11.3 Å². The number of hydrogen-bond donors (Lipinski definition) is 2. The largest absolute Gasteiger partial charge is 0.389 e. The van der Waals surface area contributed by atoms with E-state index < -0.39 is 24.6 Å². The smallest absolute Gasteiger partial charge is 0.379 e. The van der Waals surface area contributed by atoms with Crippen molar-refractivity contribution >= 4 is 5.91 Å². The van der Waals surface area contributed by atoms with Crippen molar-refractivity contribution < 1.29 is 27.4 Å². The predicted molar refractivity (Wildman–Crippen MR) is 56.3 cm³/mol. The molecule has 1 fully saturated rings. The predicted octanol–water partition coefficient (Wildman–Crippen LogP) is 0.883. The molecule has 0 aromatic rings. The molecule has 0 aromatic heterocycles. The number of carbonyl (C=O) groups is 1. The molecule has 1 rings (SSSR count). The molecule has 1 aliphatic heterocycles. The van der Waals surface area contributed by atoms with Gasteiger partial charge in [-0.1, -0.05) is 0 Å². The van der Waals surface area contributed by atoms with Crippen LogP contribution >= 0.6 is 0 Å². The van der Waals surface area contributed by atoms with Crippen molar-refractivity contribution in [2.75, 3.05) is 13.2 Å². The number of alkyl halides is 3. The van der Waals surface area contributed by atoms with Crippen LogP contribution in [-0.4, -0.2) is 37.5 Å². The normalized spacial score (nSPS) is 24.2. The van der Waals surface area contributed by atoms with Crippen LogP contribution in [0.3, 0.4) is 0 Å². The van der Waals surface area contributed by atoms with Crippen molar-refractivity contribution in [1.82, 2.24) is 5.43 Å². The van der Waals surface area contributed by atoms with Gasteiger partial charge in [0, 0.05) is 13.0 Å². The fraction of sp³-hybridized carbons (Fsp3) is 0.900. The summed E-state index contributed by atoms with van der Waals surface area (Å²) in [6.45, 7) is 0.235. The number of halogens is 3. The Bertz CT molecular complexity index is 274. The zero-order chi connectivity index (χ0) is 13.6. The standard InChI is InChI=1S/C10H17F3N2O3/c11-10(12,13)4-1-5-17-6-7-2-3-8(18-7)9(16)15-14/h7-8H,1-6,14H2,(H,15,16). The summed E-state index contributed by atoms with van der Waals surface area (Å²) < 4.78 is 45.9. The van der Waals surface area contributed by atoms with Crippen LogP contribution in [0.25, 0.3) is 0 Å². The molecule has 1 amide bonds. The second-order valence-corrected chi connectivity index (χ2v) is 4.13. The summed E-state index contributed by atoms with van der Waals surface area (Å²) in [6, 6.07) is 0. The summed E-state index contributed by atoms with van der Waals surface area (Å²) >= 11 is 0. The Balaban J connectivity index is 2.06. The Labute approximate surface area is 103 Å². The first-order valence-electron chi connectivity index (χ1n) is 5.73. The highest BCUT2D eigenvalue weighted by Crippen LogP contribution is 2.22. The molecule has 8 heteroatoms. The van der Waals surface area contributed by atoms with E-state index in [2.05, 4.69) is 0 Å². The van der Waals surface area contributed by atoms with Gasteiger partial charge in [0.25, 0.3) is 5.91 Å². The number of ether oxygens (including phenoxy) is 2. The van der Waals surface area contributed by atoms with Crippen molar-refractivity contribution in [2.24, 2.45) is 5.84 Å². The second-order valence-electron chi connectivity index (χ2n) is 4.13. The Morgan fingerprint density at radius 2 is 2.17 bits per heavy atom.